The van der Waals surface area contributed by atoms with E-state index in [0.29, 0.717) is 6.61 Å². The van der Waals surface area contributed by atoms with E-state index >= 15 is 0 Å². The standard InChI is InChI=1S/C22H28N2O2/c1-23-12-6-10-19-9-5-11-21(22(19)23)26-17-20-16-24(13-14-25-20)15-18-7-3-2-4-8-18/h2-5,7-9,11,20H,6,10,12-17H2,1H3/t20-/m0/s1. The Morgan fingerprint density at radius 3 is 2.85 bits per heavy atom. The van der Waals surface area contributed by atoms with Crippen molar-refractivity contribution in [1.29, 1.82) is 0 Å². The van der Waals surface area contributed by atoms with Crippen molar-refractivity contribution in [2.45, 2.75) is 25.5 Å². The number of aryl methyl sites for hydroxylation is 1. The Morgan fingerprint density at radius 2 is 1.96 bits per heavy atom. The van der Waals surface area contributed by atoms with Crippen molar-refractivity contribution < 1.29 is 9.47 Å². The number of morpholine rings is 1. The molecule has 0 amide bonds. The van der Waals surface area contributed by atoms with Crippen molar-refractivity contribution in [2.24, 2.45) is 0 Å². The minimum atomic E-state index is 0.122. The predicted octanol–water partition coefficient (Wildman–Crippen LogP) is 3.35. The van der Waals surface area contributed by atoms with Gasteiger partial charge >= 0.3 is 0 Å². The second-order valence-corrected chi connectivity index (χ2v) is 7.31. The fourth-order valence-electron chi connectivity index (χ4n) is 3.99. The first-order valence-electron chi connectivity index (χ1n) is 9.63. The van der Waals surface area contributed by atoms with Crippen molar-refractivity contribution in [1.82, 2.24) is 4.90 Å². The van der Waals surface area contributed by atoms with E-state index < -0.39 is 0 Å². The number of para-hydroxylation sites is 1. The first-order chi connectivity index (χ1) is 12.8. The summed E-state index contributed by atoms with van der Waals surface area (Å²) in [6, 6.07) is 17.1. The Labute approximate surface area is 156 Å². The Bertz CT molecular complexity index is 719. The van der Waals surface area contributed by atoms with Crippen LogP contribution in [0.25, 0.3) is 0 Å². The van der Waals surface area contributed by atoms with Gasteiger partial charge in [0.15, 0.2) is 0 Å². The van der Waals surface area contributed by atoms with Crippen LogP contribution < -0.4 is 9.64 Å². The molecule has 2 aliphatic heterocycles. The summed E-state index contributed by atoms with van der Waals surface area (Å²) in [7, 11) is 2.16. The monoisotopic (exact) mass is 352 g/mol. The summed E-state index contributed by atoms with van der Waals surface area (Å²) >= 11 is 0. The van der Waals surface area contributed by atoms with E-state index in [4.69, 9.17) is 9.47 Å². The van der Waals surface area contributed by atoms with Crippen molar-refractivity contribution in [3.63, 3.8) is 0 Å². The van der Waals surface area contributed by atoms with E-state index in [-0.39, 0.29) is 6.10 Å². The first-order valence-corrected chi connectivity index (χ1v) is 9.63. The van der Waals surface area contributed by atoms with E-state index in [1.54, 1.807) is 0 Å². The molecule has 1 saturated heterocycles. The van der Waals surface area contributed by atoms with E-state index in [9.17, 15) is 0 Å². The van der Waals surface area contributed by atoms with Crippen molar-refractivity contribution in [3.05, 3.63) is 59.7 Å². The van der Waals surface area contributed by atoms with E-state index in [2.05, 4.69) is 65.4 Å². The lowest BCUT2D eigenvalue weighted by atomic mass is 10.0. The highest BCUT2D eigenvalue weighted by Gasteiger charge is 2.23. The zero-order chi connectivity index (χ0) is 17.8. The van der Waals surface area contributed by atoms with Gasteiger partial charge in [0.1, 0.15) is 18.5 Å². The second-order valence-electron chi connectivity index (χ2n) is 7.31. The zero-order valence-electron chi connectivity index (χ0n) is 15.6. The van der Waals surface area contributed by atoms with Crippen molar-refractivity contribution >= 4 is 5.69 Å². The number of hydrogen-bond acceptors (Lipinski definition) is 4. The third-order valence-corrected chi connectivity index (χ3v) is 5.30. The maximum atomic E-state index is 6.22. The van der Waals surface area contributed by atoms with Crippen LogP contribution in [0.4, 0.5) is 5.69 Å². The molecule has 4 rings (SSSR count). The number of ether oxygens (including phenoxy) is 2. The molecule has 0 N–H and O–H groups in total. The van der Waals surface area contributed by atoms with Gasteiger partial charge in [-0.2, -0.15) is 0 Å². The minimum absolute atomic E-state index is 0.122. The predicted molar refractivity (Wildman–Crippen MR) is 105 cm³/mol. The minimum Gasteiger partial charge on any atom is -0.489 e. The zero-order valence-corrected chi connectivity index (χ0v) is 15.6. The largest absolute Gasteiger partial charge is 0.489 e. The molecule has 1 fully saturated rings. The lowest BCUT2D eigenvalue weighted by Crippen LogP contribution is -2.44. The van der Waals surface area contributed by atoms with Gasteiger partial charge < -0.3 is 14.4 Å². The highest BCUT2D eigenvalue weighted by Crippen LogP contribution is 2.35. The van der Waals surface area contributed by atoms with Gasteiger partial charge in [-0.3, -0.25) is 4.90 Å². The Balaban J connectivity index is 1.36. The van der Waals surface area contributed by atoms with Gasteiger partial charge in [-0.1, -0.05) is 42.5 Å². The molecule has 4 heteroatoms. The summed E-state index contributed by atoms with van der Waals surface area (Å²) in [6.07, 6.45) is 2.48. The normalized spacial score (nSPS) is 20.7. The maximum Gasteiger partial charge on any atom is 0.143 e. The van der Waals surface area contributed by atoms with Gasteiger partial charge in [-0.15, -0.1) is 0 Å². The fourth-order valence-corrected chi connectivity index (χ4v) is 3.99. The topological polar surface area (TPSA) is 24.9 Å². The van der Waals surface area contributed by atoms with Gasteiger partial charge in [0.25, 0.3) is 0 Å². The SMILES string of the molecule is CN1CCCc2cccc(OC[C@@H]3CN(Cc4ccccc4)CCO3)c21. The van der Waals surface area contributed by atoms with Crippen LogP contribution in [0.2, 0.25) is 0 Å². The first kappa shape index (κ1) is 17.4. The molecule has 1 atom stereocenters. The molecule has 26 heavy (non-hydrogen) atoms. The molecule has 0 radical (unpaired) electrons. The molecule has 4 nitrogen and oxygen atoms in total. The number of anilines is 1. The summed E-state index contributed by atoms with van der Waals surface area (Å²) in [5, 5.41) is 0. The van der Waals surface area contributed by atoms with Crippen molar-refractivity contribution in [3.8, 4) is 5.75 Å². The summed E-state index contributed by atoms with van der Waals surface area (Å²) in [4.78, 5) is 4.77. The average Bonchev–Trinajstić information content (AvgIpc) is 2.68. The van der Waals surface area contributed by atoms with Crippen LogP contribution in [-0.2, 0) is 17.7 Å². The molecule has 0 unspecified atom stereocenters. The van der Waals surface area contributed by atoms with Gasteiger partial charge in [0.05, 0.1) is 12.3 Å². The third-order valence-electron chi connectivity index (χ3n) is 5.30. The second kappa shape index (κ2) is 8.11. The highest BCUT2D eigenvalue weighted by atomic mass is 16.5. The Hall–Kier alpha value is -2.04. The smallest absolute Gasteiger partial charge is 0.143 e. The van der Waals surface area contributed by atoms with Crippen LogP contribution in [0.3, 0.4) is 0 Å². The molecule has 2 aromatic rings. The molecule has 0 spiro atoms. The highest BCUT2D eigenvalue weighted by molar-refractivity contribution is 5.64. The molecular weight excluding hydrogens is 324 g/mol. The molecule has 2 heterocycles. The van der Waals surface area contributed by atoms with Gasteiger partial charge in [-0.25, -0.2) is 0 Å². The quantitative estimate of drug-likeness (QED) is 0.824. The summed E-state index contributed by atoms with van der Waals surface area (Å²) in [6.45, 7) is 5.35. The Morgan fingerprint density at radius 1 is 1.08 bits per heavy atom. The fraction of sp³-hybridized carbons (Fsp3) is 0.455. The third kappa shape index (κ3) is 4.02. The number of rotatable bonds is 5. The van der Waals surface area contributed by atoms with Crippen LogP contribution in [0, 0.1) is 0 Å². The number of benzene rings is 2. The lowest BCUT2D eigenvalue weighted by molar-refractivity contribution is -0.0503. The Kier molecular flexibility index (Phi) is 5.42. The molecule has 0 bridgehead atoms. The van der Waals surface area contributed by atoms with Crippen LogP contribution in [-0.4, -0.2) is 50.9 Å². The van der Waals surface area contributed by atoms with Gasteiger partial charge in [0.2, 0.25) is 0 Å². The molecule has 2 aromatic carbocycles. The van der Waals surface area contributed by atoms with Crippen LogP contribution in [0.15, 0.2) is 48.5 Å². The van der Waals surface area contributed by atoms with Crippen LogP contribution >= 0.6 is 0 Å². The molecule has 0 aliphatic carbocycles. The van der Waals surface area contributed by atoms with Crippen LogP contribution in [0.1, 0.15) is 17.5 Å². The van der Waals surface area contributed by atoms with E-state index in [0.717, 1.165) is 45.0 Å². The van der Waals surface area contributed by atoms with E-state index in [1.807, 2.05) is 0 Å². The lowest BCUT2D eigenvalue weighted by Gasteiger charge is -2.34. The summed E-state index contributed by atoms with van der Waals surface area (Å²) < 4.78 is 12.2. The molecule has 0 saturated carbocycles. The number of nitrogens with zero attached hydrogens (tertiary/aromatic N) is 2. The summed E-state index contributed by atoms with van der Waals surface area (Å²) in [5.74, 6) is 0.994. The molecule has 138 valence electrons. The van der Waals surface area contributed by atoms with Crippen molar-refractivity contribution in [2.75, 3.05) is 44.8 Å². The summed E-state index contributed by atoms with van der Waals surface area (Å²) in [5.41, 5.74) is 4.01. The number of fused-ring (bicyclic) bond motifs is 1. The van der Waals surface area contributed by atoms with Gasteiger partial charge in [-0.05, 0) is 30.0 Å². The molecule has 0 aromatic heterocycles. The average molecular weight is 352 g/mol. The molecular formula is C22H28N2O2. The maximum absolute atomic E-state index is 6.22. The molecule has 2 aliphatic rings. The number of hydrogen-bond donors (Lipinski definition) is 0. The van der Waals surface area contributed by atoms with E-state index in [1.165, 1.54) is 23.2 Å². The van der Waals surface area contributed by atoms with Crippen LogP contribution in [0.5, 0.6) is 5.75 Å². The van der Waals surface area contributed by atoms with Gasteiger partial charge in [0, 0.05) is 33.2 Å².